The van der Waals surface area contributed by atoms with Gasteiger partial charge in [0.1, 0.15) is 11.6 Å². The fourth-order valence-electron chi connectivity index (χ4n) is 5.39. The maximum atomic E-state index is 13.0. The predicted molar refractivity (Wildman–Crippen MR) is 172 cm³/mol. The molecule has 41 heavy (non-hydrogen) atoms. The van der Waals surface area contributed by atoms with Crippen molar-refractivity contribution in [3.05, 3.63) is 94.8 Å². The van der Waals surface area contributed by atoms with Crippen molar-refractivity contribution < 1.29 is 8.42 Å². The molecule has 0 bridgehead atoms. The van der Waals surface area contributed by atoms with Gasteiger partial charge >= 0.3 is 0 Å². The molecule has 2 atom stereocenters. The summed E-state index contributed by atoms with van der Waals surface area (Å²) in [6, 6.07) is 13.5. The number of hydrogen-bond donors (Lipinski definition) is 2. The van der Waals surface area contributed by atoms with Gasteiger partial charge in [-0.25, -0.2) is 13.4 Å². The number of allylic oxidation sites excluding steroid dienone is 2. The standard InChI is InChI=1S/C32H42ClN5O2S/c1-6-23(3)18-30(29-14-16-35-32(29)34-4)38-17-15-28(20-38)37(5)31-13-10-26(19-36-31)25(7-2)22-41(39,40)21-24-8-11-27(33)12-9-24/h8-14,16,18-19,25,28,34-35H,3,6-7,15,17,20-22H2,1-2,4-5H3/b30-18+. The summed E-state index contributed by atoms with van der Waals surface area (Å²) in [7, 11) is 0.717. The largest absolute Gasteiger partial charge is 0.374 e. The lowest BCUT2D eigenvalue weighted by atomic mass is 10.0. The molecule has 2 aromatic heterocycles. The van der Waals surface area contributed by atoms with Crippen LogP contribution in [0.5, 0.6) is 0 Å². The summed E-state index contributed by atoms with van der Waals surface area (Å²) in [5, 5.41) is 3.86. The van der Waals surface area contributed by atoms with Crippen molar-refractivity contribution in [1.82, 2.24) is 14.9 Å². The number of pyridine rings is 1. The first-order valence-electron chi connectivity index (χ1n) is 14.3. The van der Waals surface area contributed by atoms with Crippen LogP contribution in [-0.4, -0.2) is 62.3 Å². The van der Waals surface area contributed by atoms with E-state index in [1.54, 1.807) is 24.3 Å². The normalized spacial score (nSPS) is 16.6. The lowest BCUT2D eigenvalue weighted by molar-refractivity contribution is 0.480. The van der Waals surface area contributed by atoms with Crippen LogP contribution in [0.2, 0.25) is 5.02 Å². The van der Waals surface area contributed by atoms with E-state index in [-0.39, 0.29) is 17.4 Å². The first-order valence-corrected chi connectivity index (χ1v) is 16.5. The Hall–Kier alpha value is -3.23. The van der Waals surface area contributed by atoms with Crippen molar-refractivity contribution in [3.8, 4) is 0 Å². The molecule has 1 aromatic carbocycles. The van der Waals surface area contributed by atoms with Gasteiger partial charge in [0, 0.05) is 61.9 Å². The van der Waals surface area contributed by atoms with Crippen molar-refractivity contribution in [1.29, 1.82) is 0 Å². The van der Waals surface area contributed by atoms with E-state index >= 15 is 0 Å². The fourth-order valence-corrected chi connectivity index (χ4v) is 7.37. The number of halogens is 1. The highest BCUT2D eigenvalue weighted by Gasteiger charge is 2.29. The zero-order chi connectivity index (χ0) is 29.6. The van der Waals surface area contributed by atoms with Crippen LogP contribution in [0.1, 0.15) is 55.7 Å². The van der Waals surface area contributed by atoms with Gasteiger partial charge < -0.3 is 20.1 Å². The summed E-state index contributed by atoms with van der Waals surface area (Å²) in [5.41, 5.74) is 5.11. The van der Waals surface area contributed by atoms with Crippen LogP contribution in [0, 0.1) is 0 Å². The van der Waals surface area contributed by atoms with Crippen molar-refractivity contribution in [3.63, 3.8) is 0 Å². The Bertz CT molecular complexity index is 1450. The Balaban J connectivity index is 1.43. The number of rotatable bonds is 13. The molecule has 1 aliphatic rings. The third-order valence-electron chi connectivity index (χ3n) is 7.97. The zero-order valence-corrected chi connectivity index (χ0v) is 26.1. The predicted octanol–water partition coefficient (Wildman–Crippen LogP) is 6.73. The van der Waals surface area contributed by atoms with Gasteiger partial charge in [-0.2, -0.15) is 0 Å². The van der Waals surface area contributed by atoms with Crippen LogP contribution in [-0.2, 0) is 15.6 Å². The number of likely N-dealkylation sites (N-methyl/N-ethyl adjacent to an activating group) is 1. The minimum atomic E-state index is -3.30. The molecule has 7 nitrogen and oxygen atoms in total. The van der Waals surface area contributed by atoms with E-state index in [0.29, 0.717) is 11.1 Å². The first kappa shape index (κ1) is 30.7. The second-order valence-electron chi connectivity index (χ2n) is 10.8. The number of nitrogens with zero attached hydrogens (tertiary/aromatic N) is 3. The summed E-state index contributed by atoms with van der Waals surface area (Å²) < 4.78 is 26.0. The van der Waals surface area contributed by atoms with E-state index in [2.05, 4.69) is 52.8 Å². The van der Waals surface area contributed by atoms with Gasteiger partial charge in [0.15, 0.2) is 9.84 Å². The van der Waals surface area contributed by atoms with Gasteiger partial charge in [-0.3, -0.25) is 0 Å². The SMILES string of the molecule is C=C(/C=C(\c1cc[nH]c1NC)N1CCC(N(C)c2ccc(C(CC)CS(=O)(=O)Cc3ccc(Cl)cc3)cn2)C1)CC. The lowest BCUT2D eigenvalue weighted by Crippen LogP contribution is -2.34. The molecule has 220 valence electrons. The summed E-state index contributed by atoms with van der Waals surface area (Å²) >= 11 is 5.95. The second-order valence-corrected chi connectivity index (χ2v) is 13.3. The van der Waals surface area contributed by atoms with Crippen molar-refractivity contribution in [2.75, 3.05) is 43.2 Å². The Kier molecular flexibility index (Phi) is 10.2. The van der Waals surface area contributed by atoms with E-state index in [0.717, 1.165) is 66.3 Å². The first-order chi connectivity index (χ1) is 19.6. The van der Waals surface area contributed by atoms with E-state index in [1.165, 1.54) is 5.70 Å². The third-order valence-corrected chi connectivity index (χ3v) is 9.91. The smallest absolute Gasteiger partial charge is 0.155 e. The average Bonchev–Trinajstić information content (AvgIpc) is 3.65. The molecule has 0 amide bonds. The fraction of sp³-hybridized carbons (Fsp3) is 0.406. The molecule has 2 N–H and O–H groups in total. The molecular weight excluding hydrogens is 554 g/mol. The van der Waals surface area contributed by atoms with Gasteiger partial charge in [0.25, 0.3) is 0 Å². The molecular formula is C32H42ClN5O2S. The quantitative estimate of drug-likeness (QED) is 0.213. The van der Waals surface area contributed by atoms with Crippen molar-refractivity contribution in [2.24, 2.45) is 0 Å². The maximum Gasteiger partial charge on any atom is 0.155 e. The maximum absolute atomic E-state index is 13.0. The highest BCUT2D eigenvalue weighted by atomic mass is 35.5. The number of aromatic amines is 1. The van der Waals surface area contributed by atoms with Crippen LogP contribution in [0.25, 0.3) is 5.70 Å². The van der Waals surface area contributed by atoms with Crippen molar-refractivity contribution >= 4 is 38.8 Å². The van der Waals surface area contributed by atoms with Crippen LogP contribution in [0.4, 0.5) is 11.6 Å². The highest BCUT2D eigenvalue weighted by Crippen LogP contribution is 2.32. The molecule has 0 aliphatic carbocycles. The number of benzene rings is 1. The number of hydrogen-bond acceptors (Lipinski definition) is 6. The minimum absolute atomic E-state index is 0.00764. The monoisotopic (exact) mass is 595 g/mol. The minimum Gasteiger partial charge on any atom is -0.374 e. The summed E-state index contributed by atoms with van der Waals surface area (Å²) in [6.45, 7) is 10.2. The van der Waals surface area contributed by atoms with Gasteiger partial charge in [-0.1, -0.05) is 55.8 Å². The molecule has 0 radical (unpaired) electrons. The number of anilines is 2. The van der Waals surface area contributed by atoms with E-state index in [4.69, 9.17) is 16.6 Å². The molecule has 4 rings (SSSR count). The molecule has 3 heterocycles. The van der Waals surface area contributed by atoms with Crippen LogP contribution < -0.4 is 10.2 Å². The van der Waals surface area contributed by atoms with E-state index in [1.807, 2.05) is 38.5 Å². The van der Waals surface area contributed by atoms with E-state index in [9.17, 15) is 8.42 Å². The molecule has 3 aromatic rings. The topological polar surface area (TPSA) is 81.3 Å². The summed E-state index contributed by atoms with van der Waals surface area (Å²) in [5.74, 6) is 1.87. The van der Waals surface area contributed by atoms with Gasteiger partial charge in [0.05, 0.1) is 11.5 Å². The number of nitrogens with one attached hydrogen (secondary N) is 2. The molecule has 2 unspecified atom stereocenters. The number of likely N-dealkylation sites (tertiary alicyclic amines) is 1. The Morgan fingerprint density at radius 3 is 2.63 bits per heavy atom. The molecule has 1 saturated heterocycles. The Labute approximate surface area is 250 Å². The van der Waals surface area contributed by atoms with Gasteiger partial charge in [0.2, 0.25) is 0 Å². The summed E-state index contributed by atoms with van der Waals surface area (Å²) in [4.78, 5) is 12.7. The Morgan fingerprint density at radius 2 is 2.00 bits per heavy atom. The zero-order valence-electron chi connectivity index (χ0n) is 24.5. The molecule has 0 saturated carbocycles. The third kappa shape index (κ3) is 7.74. The van der Waals surface area contributed by atoms with Crippen molar-refractivity contribution in [2.45, 2.75) is 50.8 Å². The molecule has 0 spiro atoms. The van der Waals surface area contributed by atoms with Gasteiger partial charge in [-0.05, 0) is 66.6 Å². The number of sulfone groups is 1. The number of aromatic nitrogens is 2. The lowest BCUT2D eigenvalue weighted by Gasteiger charge is -2.28. The van der Waals surface area contributed by atoms with Crippen LogP contribution >= 0.6 is 11.6 Å². The van der Waals surface area contributed by atoms with Crippen LogP contribution in [0.3, 0.4) is 0 Å². The summed E-state index contributed by atoms with van der Waals surface area (Å²) in [6.07, 6.45) is 8.64. The highest BCUT2D eigenvalue weighted by molar-refractivity contribution is 7.90. The molecule has 1 fully saturated rings. The van der Waals surface area contributed by atoms with Gasteiger partial charge in [-0.15, -0.1) is 0 Å². The average molecular weight is 596 g/mol. The second kappa shape index (κ2) is 13.6. The Morgan fingerprint density at radius 1 is 1.24 bits per heavy atom. The number of H-pyrrole nitrogens is 1. The molecule has 9 heteroatoms. The molecule has 1 aliphatic heterocycles. The van der Waals surface area contributed by atoms with E-state index < -0.39 is 9.84 Å². The van der Waals surface area contributed by atoms with Crippen LogP contribution in [0.15, 0.2) is 73.1 Å².